The largest absolute Gasteiger partial charge is 0.493 e. The first kappa shape index (κ1) is 12.8. The molecule has 1 aliphatic heterocycles. The van der Waals surface area contributed by atoms with Gasteiger partial charge in [-0.2, -0.15) is 0 Å². The van der Waals surface area contributed by atoms with Crippen molar-refractivity contribution < 1.29 is 9.47 Å². The predicted octanol–water partition coefficient (Wildman–Crippen LogP) is 4.71. The first-order valence-corrected chi connectivity index (χ1v) is 6.97. The topological polar surface area (TPSA) is 18.5 Å². The Hall–Kier alpha value is -2.22. The molecule has 0 N–H and O–H groups in total. The van der Waals surface area contributed by atoms with Gasteiger partial charge in [-0.15, -0.1) is 0 Å². The van der Waals surface area contributed by atoms with Crippen molar-refractivity contribution in [3.63, 3.8) is 0 Å². The summed E-state index contributed by atoms with van der Waals surface area (Å²) in [6.45, 7) is 2.83. The lowest BCUT2D eigenvalue weighted by molar-refractivity contribution is 0.316. The number of ether oxygens (including phenoxy) is 2. The number of hydrogen-bond acceptors (Lipinski definition) is 2. The van der Waals surface area contributed by atoms with Crippen molar-refractivity contribution in [3.8, 4) is 5.75 Å². The third-order valence-corrected chi connectivity index (χ3v) is 3.32. The molecule has 0 saturated carbocycles. The highest BCUT2D eigenvalue weighted by molar-refractivity contribution is 5.96. The minimum absolute atomic E-state index is 0.718. The second-order valence-corrected chi connectivity index (χ2v) is 4.78. The summed E-state index contributed by atoms with van der Waals surface area (Å²) in [7, 11) is 0. The van der Waals surface area contributed by atoms with E-state index in [-0.39, 0.29) is 0 Å². The van der Waals surface area contributed by atoms with E-state index in [0.29, 0.717) is 0 Å². The van der Waals surface area contributed by atoms with Gasteiger partial charge >= 0.3 is 0 Å². The monoisotopic (exact) mass is 265 g/mol. The summed E-state index contributed by atoms with van der Waals surface area (Å²) in [5, 5.41) is 2.39. The van der Waals surface area contributed by atoms with Crippen molar-refractivity contribution in [2.75, 3.05) is 6.61 Å². The molecule has 0 aliphatic carbocycles. The van der Waals surface area contributed by atoms with Gasteiger partial charge in [0, 0.05) is 11.1 Å². The lowest BCUT2D eigenvalue weighted by Crippen LogP contribution is -2.00. The van der Waals surface area contributed by atoms with Gasteiger partial charge in [-0.3, -0.25) is 0 Å². The molecular weight excluding hydrogens is 248 g/mol. The third-order valence-electron chi connectivity index (χ3n) is 3.32. The van der Waals surface area contributed by atoms with Crippen LogP contribution in [0.15, 0.2) is 48.7 Å². The van der Waals surface area contributed by atoms with Crippen molar-refractivity contribution in [2.45, 2.75) is 19.8 Å². The molecule has 2 nitrogen and oxygen atoms in total. The highest BCUT2D eigenvalue weighted by Crippen LogP contribution is 2.36. The summed E-state index contributed by atoms with van der Waals surface area (Å²) >= 11 is 0. The van der Waals surface area contributed by atoms with Crippen LogP contribution in [0.25, 0.3) is 16.3 Å². The van der Waals surface area contributed by atoms with E-state index in [1.165, 1.54) is 10.8 Å². The van der Waals surface area contributed by atoms with E-state index in [1.807, 2.05) is 18.2 Å². The molecule has 101 valence electrons. The molecule has 2 heteroatoms. The van der Waals surface area contributed by atoms with E-state index >= 15 is 0 Å². The molecule has 1 radical (unpaired) electrons. The van der Waals surface area contributed by atoms with Gasteiger partial charge in [0.25, 0.3) is 0 Å². The maximum absolute atomic E-state index is 5.91. The fraction of sp³-hybridized carbons (Fsp3) is 0.222. The van der Waals surface area contributed by atoms with Crippen LogP contribution in [0.5, 0.6) is 5.75 Å². The summed E-state index contributed by atoms with van der Waals surface area (Å²) in [5.41, 5.74) is 2.14. The molecule has 0 amide bonds. The fourth-order valence-electron chi connectivity index (χ4n) is 2.41. The zero-order chi connectivity index (χ0) is 13.8. The molecule has 0 spiro atoms. The summed E-state index contributed by atoms with van der Waals surface area (Å²) in [6.07, 6.45) is 8.47. The van der Waals surface area contributed by atoms with Crippen molar-refractivity contribution in [3.05, 3.63) is 60.6 Å². The first-order chi connectivity index (χ1) is 9.90. The number of rotatable bonds is 4. The smallest absolute Gasteiger partial charge is 0.173 e. The van der Waals surface area contributed by atoms with Gasteiger partial charge in [-0.05, 0) is 35.8 Å². The van der Waals surface area contributed by atoms with Gasteiger partial charge in [-0.1, -0.05) is 37.3 Å². The number of fused-ring (bicyclic) bond motifs is 1. The molecule has 0 aromatic heterocycles. The number of allylic oxidation sites excluding steroid dienone is 2. The van der Waals surface area contributed by atoms with Crippen LogP contribution in [0.3, 0.4) is 0 Å². The van der Waals surface area contributed by atoms with Crippen molar-refractivity contribution >= 4 is 16.3 Å². The van der Waals surface area contributed by atoms with E-state index in [9.17, 15) is 0 Å². The summed E-state index contributed by atoms with van der Waals surface area (Å²) in [4.78, 5) is 0. The Bertz CT molecular complexity index is 668. The average Bonchev–Trinajstić information content (AvgIpc) is 2.53. The molecule has 0 bridgehead atoms. The number of benzene rings is 2. The van der Waals surface area contributed by atoms with E-state index < -0.39 is 0 Å². The zero-order valence-corrected chi connectivity index (χ0v) is 11.6. The third kappa shape index (κ3) is 2.42. The van der Waals surface area contributed by atoms with Crippen LogP contribution in [0, 0.1) is 6.26 Å². The summed E-state index contributed by atoms with van der Waals surface area (Å²) in [6, 6.07) is 12.5. The predicted molar refractivity (Wildman–Crippen MR) is 81.2 cm³/mol. The molecule has 0 unspecified atom stereocenters. The maximum Gasteiger partial charge on any atom is 0.173 e. The van der Waals surface area contributed by atoms with Crippen LogP contribution >= 0.6 is 0 Å². The molecule has 0 saturated heterocycles. The fourth-order valence-corrected chi connectivity index (χ4v) is 2.41. The molecule has 0 fully saturated rings. The van der Waals surface area contributed by atoms with Gasteiger partial charge < -0.3 is 9.47 Å². The second kappa shape index (κ2) is 5.83. The second-order valence-electron chi connectivity index (χ2n) is 4.78. The van der Waals surface area contributed by atoms with E-state index in [2.05, 4.69) is 37.5 Å². The van der Waals surface area contributed by atoms with Gasteiger partial charge in [0.2, 0.25) is 0 Å². The van der Waals surface area contributed by atoms with Crippen LogP contribution in [0.1, 0.15) is 25.3 Å². The molecule has 20 heavy (non-hydrogen) atoms. The van der Waals surface area contributed by atoms with Crippen LogP contribution < -0.4 is 4.74 Å². The Morgan fingerprint density at radius 3 is 2.90 bits per heavy atom. The Labute approximate surface area is 119 Å². The molecule has 2 aromatic rings. The SMILES string of the molecule is CCCOc1ccc2ccccc2c1C1=[C]OC=CC1. The van der Waals surface area contributed by atoms with Crippen molar-refractivity contribution in [2.24, 2.45) is 0 Å². The highest BCUT2D eigenvalue weighted by Gasteiger charge is 2.15. The summed E-state index contributed by atoms with van der Waals surface area (Å²) < 4.78 is 11.1. The lowest BCUT2D eigenvalue weighted by atomic mass is 9.95. The molecule has 1 aliphatic rings. The van der Waals surface area contributed by atoms with E-state index in [1.54, 1.807) is 6.26 Å². The van der Waals surface area contributed by atoms with Crippen LogP contribution in [-0.4, -0.2) is 6.61 Å². The van der Waals surface area contributed by atoms with Crippen LogP contribution in [0.2, 0.25) is 0 Å². The first-order valence-electron chi connectivity index (χ1n) is 6.97. The number of hydrogen-bond donors (Lipinski definition) is 0. The van der Waals surface area contributed by atoms with Gasteiger partial charge in [0.05, 0.1) is 12.9 Å². The van der Waals surface area contributed by atoms with Crippen molar-refractivity contribution in [1.29, 1.82) is 0 Å². The van der Waals surface area contributed by atoms with E-state index in [4.69, 9.17) is 9.47 Å². The molecule has 2 aromatic carbocycles. The Morgan fingerprint density at radius 2 is 2.10 bits per heavy atom. The standard InChI is InChI=1S/C18H17O2/c1-2-11-20-17-10-9-14-6-3-4-8-16(14)18(17)15-7-5-12-19-13-15/h3-6,8-10,12H,2,7,11H2,1H3. The highest BCUT2D eigenvalue weighted by atomic mass is 16.5. The van der Waals surface area contributed by atoms with Crippen molar-refractivity contribution in [1.82, 2.24) is 0 Å². The van der Waals surface area contributed by atoms with E-state index in [0.717, 1.165) is 36.3 Å². The molecule has 1 heterocycles. The minimum Gasteiger partial charge on any atom is -0.493 e. The maximum atomic E-state index is 5.91. The molecule has 0 atom stereocenters. The van der Waals surface area contributed by atoms with Gasteiger partial charge in [0.15, 0.2) is 6.26 Å². The Kier molecular flexibility index (Phi) is 3.73. The van der Waals surface area contributed by atoms with Gasteiger partial charge in [0.1, 0.15) is 5.75 Å². The van der Waals surface area contributed by atoms with Gasteiger partial charge in [-0.25, -0.2) is 0 Å². The summed E-state index contributed by atoms with van der Waals surface area (Å²) in [5.74, 6) is 0.909. The minimum atomic E-state index is 0.718. The van der Waals surface area contributed by atoms with Crippen LogP contribution in [-0.2, 0) is 4.74 Å². The Balaban J connectivity index is 2.15. The quantitative estimate of drug-likeness (QED) is 0.797. The molecular formula is C18H17O2. The lowest BCUT2D eigenvalue weighted by Gasteiger charge is -2.16. The van der Waals surface area contributed by atoms with Crippen LogP contribution in [0.4, 0.5) is 0 Å². The zero-order valence-electron chi connectivity index (χ0n) is 11.6. The Morgan fingerprint density at radius 1 is 1.20 bits per heavy atom. The normalized spacial score (nSPS) is 13.9. The average molecular weight is 265 g/mol. The molecule has 3 rings (SSSR count).